The fourth-order valence-corrected chi connectivity index (χ4v) is 3.73. The molecule has 1 amide bonds. The Morgan fingerprint density at radius 2 is 2.07 bits per heavy atom. The third kappa shape index (κ3) is 4.55. The molecule has 1 aliphatic heterocycles. The lowest BCUT2D eigenvalue weighted by Crippen LogP contribution is -2.58. The number of ketones is 1. The number of nitrogens with one attached hydrogen (secondary N) is 1. The average molecular weight is 373 g/mol. The average Bonchev–Trinajstić information content (AvgIpc) is 2.65. The first-order chi connectivity index (χ1) is 13.1. The highest BCUT2D eigenvalue weighted by Crippen LogP contribution is 2.33. The first-order valence-electron chi connectivity index (χ1n) is 9.37. The van der Waals surface area contributed by atoms with E-state index in [-0.39, 0.29) is 12.0 Å². The molecule has 2 aliphatic rings. The highest BCUT2D eigenvalue weighted by Gasteiger charge is 2.38. The van der Waals surface area contributed by atoms with Gasteiger partial charge in [0, 0.05) is 44.4 Å². The monoisotopic (exact) mass is 373 g/mol. The van der Waals surface area contributed by atoms with E-state index in [0.717, 1.165) is 37.1 Å². The topological polar surface area (TPSA) is 82.1 Å². The number of hydrogen-bond acceptors (Lipinski definition) is 6. The molecule has 0 spiro atoms. The van der Waals surface area contributed by atoms with Crippen LogP contribution in [-0.4, -0.2) is 61.3 Å². The molecule has 146 valence electrons. The van der Waals surface area contributed by atoms with E-state index >= 15 is 0 Å². The number of amides is 1. The van der Waals surface area contributed by atoms with Gasteiger partial charge in [0.1, 0.15) is 6.04 Å². The van der Waals surface area contributed by atoms with Crippen molar-refractivity contribution in [1.82, 2.24) is 10.4 Å². The Morgan fingerprint density at radius 1 is 1.30 bits per heavy atom. The highest BCUT2D eigenvalue weighted by molar-refractivity contribution is 5.93. The fraction of sp³-hybridized carbons (Fsp3) is 0.500. The predicted molar refractivity (Wildman–Crippen MR) is 102 cm³/mol. The van der Waals surface area contributed by atoms with Crippen molar-refractivity contribution < 1.29 is 19.5 Å². The molecule has 1 aliphatic carbocycles. The summed E-state index contributed by atoms with van der Waals surface area (Å²) in [7, 11) is 1.67. The van der Waals surface area contributed by atoms with Crippen LogP contribution in [0, 0.1) is 5.92 Å². The second-order valence-electron chi connectivity index (χ2n) is 7.10. The summed E-state index contributed by atoms with van der Waals surface area (Å²) < 4.78 is 5.27. The summed E-state index contributed by atoms with van der Waals surface area (Å²) in [5.41, 5.74) is 3.36. The molecule has 1 saturated carbocycles. The lowest BCUT2D eigenvalue weighted by atomic mass is 9.79. The first kappa shape index (κ1) is 19.5. The Morgan fingerprint density at radius 3 is 2.74 bits per heavy atom. The number of Topliss-reactive ketones (excluding diaryl/α,β-unsaturated/α-hetero) is 1. The number of ether oxygens (including phenoxy) is 1. The Hall–Kier alpha value is -2.22. The Balaban J connectivity index is 1.87. The zero-order valence-electron chi connectivity index (χ0n) is 15.6. The summed E-state index contributed by atoms with van der Waals surface area (Å²) in [6.07, 6.45) is 6.02. The molecule has 1 aromatic carbocycles. The van der Waals surface area contributed by atoms with E-state index in [4.69, 9.17) is 9.94 Å². The number of rotatable bonds is 7. The van der Waals surface area contributed by atoms with Crippen LogP contribution in [0.4, 0.5) is 5.69 Å². The number of anilines is 1. The van der Waals surface area contributed by atoms with Gasteiger partial charge in [-0.15, -0.1) is 0 Å². The molecule has 27 heavy (non-hydrogen) atoms. The molecule has 1 unspecified atom stereocenters. The third-order valence-electron chi connectivity index (χ3n) is 5.38. The van der Waals surface area contributed by atoms with E-state index in [1.54, 1.807) is 18.7 Å². The SMILES string of the molecule is COCN1CCN(c2ccccc2/C=C/C(=O)NO)C(C(=O)C2CCC2)C1. The van der Waals surface area contributed by atoms with Crippen molar-refractivity contribution in [2.75, 3.05) is 38.4 Å². The van der Waals surface area contributed by atoms with Crippen molar-refractivity contribution in [3.63, 3.8) is 0 Å². The number of methoxy groups -OCH3 is 1. The summed E-state index contributed by atoms with van der Waals surface area (Å²) >= 11 is 0. The highest BCUT2D eigenvalue weighted by atomic mass is 16.5. The molecule has 2 fully saturated rings. The molecule has 0 bridgehead atoms. The van der Waals surface area contributed by atoms with Gasteiger partial charge in [-0.25, -0.2) is 5.48 Å². The minimum absolute atomic E-state index is 0.155. The molecule has 1 heterocycles. The fourth-order valence-electron chi connectivity index (χ4n) is 3.73. The van der Waals surface area contributed by atoms with Crippen molar-refractivity contribution >= 4 is 23.5 Å². The van der Waals surface area contributed by atoms with Gasteiger partial charge in [-0.3, -0.25) is 19.7 Å². The number of piperazine rings is 1. The number of hydrogen-bond donors (Lipinski definition) is 2. The Bertz CT molecular complexity index is 702. The lowest BCUT2D eigenvalue weighted by Gasteiger charge is -2.44. The van der Waals surface area contributed by atoms with Gasteiger partial charge in [0.2, 0.25) is 0 Å². The van der Waals surface area contributed by atoms with Crippen LogP contribution in [-0.2, 0) is 14.3 Å². The van der Waals surface area contributed by atoms with Gasteiger partial charge >= 0.3 is 0 Å². The van der Waals surface area contributed by atoms with E-state index in [1.807, 2.05) is 24.3 Å². The molecule has 0 radical (unpaired) electrons. The van der Waals surface area contributed by atoms with Crippen LogP contribution in [0.25, 0.3) is 6.08 Å². The quantitative estimate of drug-likeness (QED) is 0.430. The number of para-hydroxylation sites is 1. The molecule has 1 aromatic rings. The molecule has 2 N–H and O–H groups in total. The van der Waals surface area contributed by atoms with Crippen LogP contribution in [0.5, 0.6) is 0 Å². The standard InChI is InChI=1S/C20H27N3O4/c1-27-14-22-11-12-23(18(13-22)20(25)16-6-4-7-16)17-8-3-2-5-15(17)9-10-19(24)21-26/h2-3,5,8-10,16,18,26H,4,6-7,11-14H2,1H3,(H,21,24)/b10-9+. The third-order valence-corrected chi connectivity index (χ3v) is 5.38. The van der Waals surface area contributed by atoms with E-state index in [0.29, 0.717) is 25.6 Å². The van der Waals surface area contributed by atoms with Crippen molar-refractivity contribution in [3.8, 4) is 0 Å². The molecular weight excluding hydrogens is 346 g/mol. The molecule has 1 saturated heterocycles. The molecule has 7 nitrogen and oxygen atoms in total. The van der Waals surface area contributed by atoms with E-state index < -0.39 is 5.91 Å². The number of carbonyl (C=O) groups excluding carboxylic acids is 2. The smallest absolute Gasteiger partial charge is 0.267 e. The van der Waals surface area contributed by atoms with Crippen LogP contribution >= 0.6 is 0 Å². The molecule has 0 aromatic heterocycles. The largest absolute Gasteiger partial charge is 0.369 e. The van der Waals surface area contributed by atoms with Gasteiger partial charge < -0.3 is 9.64 Å². The van der Waals surface area contributed by atoms with Gasteiger partial charge in [0.15, 0.2) is 5.78 Å². The van der Waals surface area contributed by atoms with Gasteiger partial charge in [0.25, 0.3) is 5.91 Å². The molecule has 1 atom stereocenters. The van der Waals surface area contributed by atoms with Gasteiger partial charge in [-0.1, -0.05) is 24.6 Å². The summed E-state index contributed by atoms with van der Waals surface area (Å²) in [4.78, 5) is 28.8. The van der Waals surface area contributed by atoms with Crippen molar-refractivity contribution in [1.29, 1.82) is 0 Å². The van der Waals surface area contributed by atoms with Crippen LogP contribution in [0.15, 0.2) is 30.3 Å². The van der Waals surface area contributed by atoms with E-state index in [1.165, 1.54) is 6.08 Å². The predicted octanol–water partition coefficient (Wildman–Crippen LogP) is 1.67. The van der Waals surface area contributed by atoms with Crippen LogP contribution in [0.2, 0.25) is 0 Å². The minimum atomic E-state index is -0.586. The second kappa shape index (κ2) is 9.12. The van der Waals surface area contributed by atoms with Crippen molar-refractivity contribution in [3.05, 3.63) is 35.9 Å². The van der Waals surface area contributed by atoms with Gasteiger partial charge in [-0.05, 0) is 30.5 Å². The zero-order chi connectivity index (χ0) is 19.2. The maximum absolute atomic E-state index is 13.1. The Kier molecular flexibility index (Phi) is 6.60. The number of benzene rings is 1. The van der Waals surface area contributed by atoms with Gasteiger partial charge in [-0.2, -0.15) is 0 Å². The lowest BCUT2D eigenvalue weighted by molar-refractivity contribution is -0.128. The van der Waals surface area contributed by atoms with Crippen LogP contribution < -0.4 is 10.4 Å². The number of carbonyl (C=O) groups is 2. The molecule has 3 rings (SSSR count). The number of hydroxylamine groups is 1. The van der Waals surface area contributed by atoms with Crippen molar-refractivity contribution in [2.24, 2.45) is 5.92 Å². The maximum Gasteiger partial charge on any atom is 0.267 e. The second-order valence-corrected chi connectivity index (χ2v) is 7.10. The molecular formula is C20H27N3O4. The first-order valence-corrected chi connectivity index (χ1v) is 9.37. The Labute approximate surface area is 159 Å². The summed E-state index contributed by atoms with van der Waals surface area (Å²) in [6, 6.07) is 7.49. The van der Waals surface area contributed by atoms with Crippen LogP contribution in [0.1, 0.15) is 24.8 Å². The summed E-state index contributed by atoms with van der Waals surface area (Å²) in [5, 5.41) is 8.70. The molecule has 7 heteroatoms. The van der Waals surface area contributed by atoms with E-state index in [9.17, 15) is 9.59 Å². The zero-order valence-corrected chi connectivity index (χ0v) is 15.6. The normalized spacial score (nSPS) is 21.3. The minimum Gasteiger partial charge on any atom is -0.369 e. The van der Waals surface area contributed by atoms with Crippen molar-refractivity contribution in [2.45, 2.75) is 25.3 Å². The van der Waals surface area contributed by atoms with Crippen LogP contribution in [0.3, 0.4) is 0 Å². The van der Waals surface area contributed by atoms with Gasteiger partial charge in [0.05, 0.1) is 6.73 Å². The van der Waals surface area contributed by atoms with E-state index in [2.05, 4.69) is 9.80 Å². The summed E-state index contributed by atoms with van der Waals surface area (Å²) in [5.74, 6) is -0.131. The maximum atomic E-state index is 13.1. The number of nitrogens with zero attached hydrogens (tertiary/aromatic N) is 2. The summed E-state index contributed by atoms with van der Waals surface area (Å²) in [6.45, 7) is 2.67.